The fraction of sp³-hybridized carbons (Fsp3) is 0.333. The Morgan fingerprint density at radius 3 is 2.64 bits per heavy atom. The summed E-state index contributed by atoms with van der Waals surface area (Å²) in [6, 6.07) is 6.40. The van der Waals surface area contributed by atoms with Crippen LogP contribution in [0.3, 0.4) is 0 Å². The van der Waals surface area contributed by atoms with E-state index in [1.807, 2.05) is 0 Å². The minimum Gasteiger partial charge on any atom is -0.379 e. The van der Waals surface area contributed by atoms with Crippen LogP contribution in [0.2, 0.25) is 0 Å². The number of allylic oxidation sites excluding steroid dienone is 1. The van der Waals surface area contributed by atoms with Gasteiger partial charge in [0.2, 0.25) is 10.0 Å². The Bertz CT molecular complexity index is 830. The second-order valence-corrected chi connectivity index (χ2v) is 7.61. The van der Waals surface area contributed by atoms with Gasteiger partial charge in [-0.2, -0.15) is 0 Å². The van der Waals surface area contributed by atoms with Crippen molar-refractivity contribution in [2.75, 3.05) is 26.0 Å². The van der Waals surface area contributed by atoms with Crippen LogP contribution in [0.5, 0.6) is 0 Å². The minimum atomic E-state index is -3.44. The Balaban J connectivity index is 1.96. The monoisotopic (exact) mass is 368 g/mol. The number of nitrogens with zero attached hydrogens (tertiary/aromatic N) is 4. The molecule has 0 bridgehead atoms. The predicted octanol–water partition coefficient (Wildman–Crippen LogP) is 0.953. The summed E-state index contributed by atoms with van der Waals surface area (Å²) in [7, 11) is -0.479. The number of hydrogen-bond donors (Lipinski definition) is 2. The lowest BCUT2D eigenvalue weighted by molar-refractivity contribution is 0.516. The van der Waals surface area contributed by atoms with E-state index >= 15 is 0 Å². The second kappa shape index (κ2) is 8.19. The van der Waals surface area contributed by atoms with Crippen LogP contribution in [0, 0.1) is 0 Å². The Morgan fingerprint density at radius 2 is 2.04 bits per heavy atom. The molecular formula is C15H21FN6O2S. The van der Waals surface area contributed by atoms with E-state index in [4.69, 9.17) is 5.73 Å². The van der Waals surface area contributed by atoms with Gasteiger partial charge in [0.15, 0.2) is 0 Å². The summed E-state index contributed by atoms with van der Waals surface area (Å²) < 4.78 is 39.9. The molecule has 0 fully saturated rings. The van der Waals surface area contributed by atoms with Crippen molar-refractivity contribution in [2.24, 2.45) is 5.73 Å². The lowest BCUT2D eigenvalue weighted by Gasteiger charge is -2.12. The van der Waals surface area contributed by atoms with E-state index in [0.717, 1.165) is 9.99 Å². The molecule has 1 aromatic carbocycles. The highest BCUT2D eigenvalue weighted by Gasteiger charge is 2.16. The Labute approximate surface area is 146 Å². The van der Waals surface area contributed by atoms with Gasteiger partial charge in [0.05, 0.1) is 24.2 Å². The van der Waals surface area contributed by atoms with Crippen LogP contribution in [0.25, 0.3) is 0 Å². The van der Waals surface area contributed by atoms with Crippen molar-refractivity contribution < 1.29 is 12.8 Å². The number of rotatable bonds is 8. The molecular weight excluding hydrogens is 347 g/mol. The summed E-state index contributed by atoms with van der Waals surface area (Å²) in [5.41, 5.74) is 6.61. The first kappa shape index (κ1) is 19.0. The van der Waals surface area contributed by atoms with E-state index in [1.165, 1.54) is 37.0 Å². The summed E-state index contributed by atoms with van der Waals surface area (Å²) in [6.45, 7) is 0.498. The molecule has 25 heavy (non-hydrogen) atoms. The molecule has 0 saturated heterocycles. The molecule has 1 heterocycles. The minimum absolute atomic E-state index is 0.0126. The maximum Gasteiger partial charge on any atom is 0.242 e. The van der Waals surface area contributed by atoms with Gasteiger partial charge in [0, 0.05) is 26.3 Å². The number of nitrogens with two attached hydrogens (primary N) is 1. The van der Waals surface area contributed by atoms with Crippen LogP contribution in [0.15, 0.2) is 47.3 Å². The maximum absolute atomic E-state index is 13.4. The normalized spacial score (nSPS) is 12.6. The molecule has 0 radical (unpaired) electrons. The van der Waals surface area contributed by atoms with Gasteiger partial charge in [-0.05, 0) is 30.3 Å². The van der Waals surface area contributed by atoms with Gasteiger partial charge in [-0.25, -0.2) is 21.8 Å². The average molecular weight is 368 g/mol. The molecule has 2 aromatic rings. The van der Waals surface area contributed by atoms with Crippen molar-refractivity contribution in [3.63, 3.8) is 0 Å². The molecule has 0 spiro atoms. The molecule has 0 atom stereocenters. The van der Waals surface area contributed by atoms with Gasteiger partial charge in [-0.3, -0.25) is 0 Å². The third-order valence-corrected chi connectivity index (χ3v) is 5.17. The first-order valence-corrected chi connectivity index (χ1v) is 8.97. The van der Waals surface area contributed by atoms with Crippen molar-refractivity contribution in [1.29, 1.82) is 0 Å². The smallest absolute Gasteiger partial charge is 0.242 e. The van der Waals surface area contributed by atoms with Crippen molar-refractivity contribution in [3.8, 4) is 0 Å². The Morgan fingerprint density at radius 1 is 1.36 bits per heavy atom. The van der Waals surface area contributed by atoms with E-state index in [1.54, 1.807) is 18.3 Å². The molecule has 1 aromatic heterocycles. The molecule has 0 unspecified atom stereocenters. The lowest BCUT2D eigenvalue weighted by atomic mass is 10.3. The quantitative estimate of drug-likeness (QED) is 0.719. The fourth-order valence-electron chi connectivity index (χ4n) is 1.99. The van der Waals surface area contributed by atoms with Crippen LogP contribution >= 0.6 is 0 Å². The molecule has 0 aliphatic heterocycles. The summed E-state index contributed by atoms with van der Waals surface area (Å²) in [5.74, 6) is -0.371. The van der Waals surface area contributed by atoms with E-state index in [0.29, 0.717) is 12.2 Å². The zero-order valence-electron chi connectivity index (χ0n) is 14.1. The van der Waals surface area contributed by atoms with Crippen molar-refractivity contribution in [3.05, 3.63) is 48.1 Å². The van der Waals surface area contributed by atoms with Crippen molar-refractivity contribution >= 4 is 15.7 Å². The summed E-state index contributed by atoms with van der Waals surface area (Å²) in [4.78, 5) is 0.219. The second-order valence-electron chi connectivity index (χ2n) is 5.46. The van der Waals surface area contributed by atoms with Gasteiger partial charge in [-0.15, -0.1) is 5.10 Å². The zero-order valence-corrected chi connectivity index (χ0v) is 14.9. The summed E-state index contributed by atoms with van der Waals surface area (Å²) >= 11 is 0. The molecule has 3 N–H and O–H groups in total. The maximum atomic E-state index is 13.4. The molecule has 10 heteroatoms. The highest BCUT2D eigenvalue weighted by molar-refractivity contribution is 7.89. The standard InChI is InChI=1S/C15H21FN6O2S/c1-21(2)25(23,24)15-5-3-13(4-6-15)18-9-14-11-22(20-19-14)10-12(16)7-8-17/h3-7,11,18H,8-10,17H2,1-2H3/b12-7-. The number of halogens is 1. The predicted molar refractivity (Wildman–Crippen MR) is 92.9 cm³/mol. The first-order chi connectivity index (χ1) is 11.8. The number of aromatic nitrogens is 3. The van der Waals surface area contributed by atoms with Gasteiger partial charge >= 0.3 is 0 Å². The fourth-order valence-corrected chi connectivity index (χ4v) is 2.89. The van der Waals surface area contributed by atoms with E-state index in [2.05, 4.69) is 15.6 Å². The van der Waals surface area contributed by atoms with Crippen LogP contribution in [0.1, 0.15) is 5.69 Å². The Kier molecular flexibility index (Phi) is 6.23. The first-order valence-electron chi connectivity index (χ1n) is 7.53. The van der Waals surface area contributed by atoms with Crippen molar-refractivity contribution in [1.82, 2.24) is 19.3 Å². The zero-order chi connectivity index (χ0) is 18.4. The molecule has 0 aliphatic carbocycles. The van der Waals surface area contributed by atoms with Gasteiger partial charge in [0.1, 0.15) is 11.5 Å². The number of nitrogens with one attached hydrogen (secondary N) is 1. The van der Waals surface area contributed by atoms with Crippen LogP contribution in [-0.2, 0) is 23.1 Å². The third kappa shape index (κ3) is 5.08. The SMILES string of the molecule is CN(C)S(=O)(=O)c1ccc(NCc2cn(C/C(F)=C/CN)nn2)cc1. The van der Waals surface area contributed by atoms with E-state index < -0.39 is 10.0 Å². The molecule has 0 amide bonds. The van der Waals surface area contributed by atoms with Crippen LogP contribution in [-0.4, -0.2) is 48.4 Å². The topological polar surface area (TPSA) is 106 Å². The highest BCUT2D eigenvalue weighted by atomic mass is 32.2. The summed E-state index contributed by atoms with van der Waals surface area (Å²) in [5, 5.41) is 10.9. The molecule has 136 valence electrons. The Hall–Kier alpha value is -2.30. The van der Waals surface area contributed by atoms with Gasteiger partial charge in [-0.1, -0.05) is 5.21 Å². The number of benzene rings is 1. The molecule has 2 rings (SSSR count). The third-order valence-electron chi connectivity index (χ3n) is 3.35. The van der Waals surface area contributed by atoms with Crippen molar-refractivity contribution in [2.45, 2.75) is 18.0 Å². The number of anilines is 1. The van der Waals surface area contributed by atoms with E-state index in [-0.39, 0.29) is 23.8 Å². The van der Waals surface area contributed by atoms with Crippen LogP contribution in [0.4, 0.5) is 10.1 Å². The van der Waals surface area contributed by atoms with Crippen LogP contribution < -0.4 is 11.1 Å². The number of sulfonamides is 1. The van der Waals surface area contributed by atoms with Gasteiger partial charge < -0.3 is 11.1 Å². The summed E-state index contributed by atoms with van der Waals surface area (Å²) in [6.07, 6.45) is 2.91. The molecule has 0 aliphatic rings. The van der Waals surface area contributed by atoms with E-state index in [9.17, 15) is 12.8 Å². The average Bonchev–Trinajstić information content (AvgIpc) is 3.00. The molecule has 8 nitrogen and oxygen atoms in total. The van der Waals surface area contributed by atoms with Gasteiger partial charge in [0.25, 0.3) is 0 Å². The largest absolute Gasteiger partial charge is 0.379 e. The lowest BCUT2D eigenvalue weighted by Crippen LogP contribution is -2.22. The molecule has 0 saturated carbocycles. The number of hydrogen-bond acceptors (Lipinski definition) is 6. The highest BCUT2D eigenvalue weighted by Crippen LogP contribution is 2.17.